The Balaban J connectivity index is 1.37. The lowest BCUT2D eigenvalue weighted by Crippen LogP contribution is -2.17. The van der Waals surface area contributed by atoms with E-state index < -0.39 is 0 Å². The molecule has 27 heavy (non-hydrogen) atoms. The highest BCUT2D eigenvalue weighted by atomic mass is 16.1. The van der Waals surface area contributed by atoms with Crippen LogP contribution in [0.1, 0.15) is 23.2 Å². The number of amides is 1. The molecule has 0 saturated carbocycles. The molecule has 0 radical (unpaired) electrons. The van der Waals surface area contributed by atoms with Gasteiger partial charge < -0.3 is 15.5 Å². The normalized spacial score (nSPS) is 13.4. The molecule has 1 aliphatic rings. The van der Waals surface area contributed by atoms with Gasteiger partial charge in [-0.15, -0.1) is 0 Å². The summed E-state index contributed by atoms with van der Waals surface area (Å²) in [7, 11) is 0. The van der Waals surface area contributed by atoms with Crippen molar-refractivity contribution in [3.8, 4) is 0 Å². The minimum Gasteiger partial charge on any atom is -0.372 e. The van der Waals surface area contributed by atoms with E-state index in [9.17, 15) is 4.79 Å². The monoisotopic (exact) mass is 358 g/mol. The van der Waals surface area contributed by atoms with Crippen LogP contribution in [0.2, 0.25) is 0 Å². The summed E-state index contributed by atoms with van der Waals surface area (Å²) < 4.78 is 0. The Kier molecular flexibility index (Phi) is 5.01. The average molecular weight is 358 g/mol. The van der Waals surface area contributed by atoms with Crippen molar-refractivity contribution in [1.29, 1.82) is 0 Å². The zero-order chi connectivity index (χ0) is 18.5. The second-order valence-corrected chi connectivity index (χ2v) is 6.62. The topological polar surface area (TPSA) is 57.3 Å². The van der Waals surface area contributed by atoms with Crippen LogP contribution in [-0.2, 0) is 0 Å². The fourth-order valence-electron chi connectivity index (χ4n) is 3.22. The summed E-state index contributed by atoms with van der Waals surface area (Å²) in [6, 6.07) is 21.3. The molecule has 2 N–H and O–H groups in total. The Bertz CT molecular complexity index is 886. The van der Waals surface area contributed by atoms with Crippen LogP contribution in [0.5, 0.6) is 0 Å². The van der Waals surface area contributed by atoms with Gasteiger partial charge in [-0.3, -0.25) is 4.79 Å². The van der Waals surface area contributed by atoms with Gasteiger partial charge in [-0.05, 0) is 61.4 Å². The van der Waals surface area contributed by atoms with Crippen LogP contribution in [0.25, 0.3) is 0 Å². The number of benzene rings is 2. The summed E-state index contributed by atoms with van der Waals surface area (Å²) in [6.07, 6.45) is 4.27. The van der Waals surface area contributed by atoms with Crippen molar-refractivity contribution in [2.75, 3.05) is 28.6 Å². The third-order valence-electron chi connectivity index (χ3n) is 4.67. The van der Waals surface area contributed by atoms with Crippen molar-refractivity contribution >= 4 is 28.8 Å². The zero-order valence-corrected chi connectivity index (χ0v) is 15.1. The van der Waals surface area contributed by atoms with Gasteiger partial charge in [0.1, 0.15) is 5.82 Å². The van der Waals surface area contributed by atoms with Crippen LogP contribution < -0.4 is 15.5 Å². The number of nitrogens with zero attached hydrogens (tertiary/aromatic N) is 2. The molecule has 0 atom stereocenters. The predicted molar refractivity (Wildman–Crippen MR) is 110 cm³/mol. The Hall–Kier alpha value is -3.34. The van der Waals surface area contributed by atoms with Crippen LogP contribution in [0.15, 0.2) is 72.9 Å². The number of pyridine rings is 1. The highest BCUT2D eigenvalue weighted by Crippen LogP contribution is 2.24. The smallest absolute Gasteiger partial charge is 0.256 e. The van der Waals surface area contributed by atoms with E-state index in [1.165, 1.54) is 18.5 Å². The summed E-state index contributed by atoms with van der Waals surface area (Å²) >= 11 is 0. The van der Waals surface area contributed by atoms with E-state index in [1.54, 1.807) is 24.4 Å². The summed E-state index contributed by atoms with van der Waals surface area (Å²) in [5.74, 6) is 0.361. The Morgan fingerprint density at radius 1 is 0.852 bits per heavy atom. The third-order valence-corrected chi connectivity index (χ3v) is 4.67. The van der Waals surface area contributed by atoms with Gasteiger partial charge in [0.2, 0.25) is 0 Å². The molecular formula is C22H22N4O. The third kappa shape index (κ3) is 4.26. The number of carbonyl (C=O) groups excluding carboxylic acids is 1. The van der Waals surface area contributed by atoms with Gasteiger partial charge >= 0.3 is 0 Å². The molecule has 5 nitrogen and oxygen atoms in total. The fourth-order valence-corrected chi connectivity index (χ4v) is 3.22. The van der Waals surface area contributed by atoms with Crippen molar-refractivity contribution < 1.29 is 4.79 Å². The lowest BCUT2D eigenvalue weighted by atomic mass is 10.2. The number of nitrogens with one attached hydrogen (secondary N) is 2. The second kappa shape index (κ2) is 7.91. The molecule has 0 aliphatic carbocycles. The Labute approximate surface area is 159 Å². The minimum absolute atomic E-state index is 0.165. The Morgan fingerprint density at radius 2 is 1.56 bits per heavy atom. The quantitative estimate of drug-likeness (QED) is 0.695. The molecule has 4 rings (SSSR count). The van der Waals surface area contributed by atoms with Gasteiger partial charge in [-0.25, -0.2) is 4.98 Å². The minimum atomic E-state index is -0.165. The van der Waals surface area contributed by atoms with Crippen molar-refractivity contribution in [2.45, 2.75) is 12.8 Å². The number of hydrogen-bond donors (Lipinski definition) is 2. The lowest BCUT2D eigenvalue weighted by molar-refractivity contribution is 0.102. The summed E-state index contributed by atoms with van der Waals surface area (Å²) in [4.78, 5) is 18.9. The van der Waals surface area contributed by atoms with Gasteiger partial charge in [-0.2, -0.15) is 0 Å². The number of anilines is 4. The SMILES string of the molecule is O=C(Nc1ccc(Nc2ccc(N3CCCC3)cc2)cn1)c1ccccc1. The molecule has 0 unspecified atom stereocenters. The zero-order valence-electron chi connectivity index (χ0n) is 15.1. The van der Waals surface area contributed by atoms with Crippen LogP contribution >= 0.6 is 0 Å². The summed E-state index contributed by atoms with van der Waals surface area (Å²) in [6.45, 7) is 2.29. The highest BCUT2D eigenvalue weighted by molar-refractivity contribution is 6.03. The molecule has 3 aromatic rings. The van der Waals surface area contributed by atoms with E-state index in [0.29, 0.717) is 11.4 Å². The molecule has 2 aromatic carbocycles. The molecule has 0 bridgehead atoms. The maximum absolute atomic E-state index is 12.2. The van der Waals surface area contributed by atoms with Crippen LogP contribution in [0, 0.1) is 0 Å². The molecule has 1 amide bonds. The van der Waals surface area contributed by atoms with Crippen molar-refractivity contribution in [1.82, 2.24) is 4.98 Å². The van der Waals surface area contributed by atoms with Gasteiger partial charge in [0.15, 0.2) is 0 Å². The van der Waals surface area contributed by atoms with Gasteiger partial charge in [-0.1, -0.05) is 18.2 Å². The van der Waals surface area contributed by atoms with Crippen LogP contribution in [0.4, 0.5) is 22.9 Å². The molecule has 5 heteroatoms. The molecule has 1 fully saturated rings. The number of carbonyl (C=O) groups is 1. The van der Waals surface area contributed by atoms with E-state index >= 15 is 0 Å². The standard InChI is InChI=1S/C22H22N4O/c27-22(17-6-2-1-3-7-17)25-21-13-10-19(16-23-21)24-18-8-11-20(12-9-18)26-14-4-5-15-26/h1-3,6-13,16,24H,4-5,14-15H2,(H,23,25,27). The van der Waals surface area contributed by atoms with Crippen molar-refractivity contribution in [3.05, 3.63) is 78.5 Å². The van der Waals surface area contributed by atoms with E-state index in [0.717, 1.165) is 24.5 Å². The first-order valence-electron chi connectivity index (χ1n) is 9.22. The van der Waals surface area contributed by atoms with Gasteiger partial charge in [0, 0.05) is 30.0 Å². The maximum atomic E-state index is 12.2. The van der Waals surface area contributed by atoms with Crippen LogP contribution in [-0.4, -0.2) is 24.0 Å². The molecule has 0 spiro atoms. The molecule has 1 saturated heterocycles. The number of hydrogen-bond acceptors (Lipinski definition) is 4. The molecule has 136 valence electrons. The van der Waals surface area contributed by atoms with E-state index in [2.05, 4.69) is 44.8 Å². The van der Waals surface area contributed by atoms with E-state index in [1.807, 2.05) is 24.3 Å². The van der Waals surface area contributed by atoms with E-state index in [-0.39, 0.29) is 5.91 Å². The highest BCUT2D eigenvalue weighted by Gasteiger charge is 2.11. The van der Waals surface area contributed by atoms with Crippen molar-refractivity contribution in [3.63, 3.8) is 0 Å². The average Bonchev–Trinajstić information content (AvgIpc) is 3.26. The molecular weight excluding hydrogens is 336 g/mol. The summed E-state index contributed by atoms with van der Waals surface area (Å²) in [5.41, 5.74) is 3.78. The number of rotatable bonds is 5. The lowest BCUT2D eigenvalue weighted by Gasteiger charge is -2.18. The van der Waals surface area contributed by atoms with E-state index in [4.69, 9.17) is 0 Å². The molecule has 1 aromatic heterocycles. The maximum Gasteiger partial charge on any atom is 0.256 e. The molecule has 2 heterocycles. The van der Waals surface area contributed by atoms with Gasteiger partial charge in [0.05, 0.1) is 11.9 Å². The number of aromatic nitrogens is 1. The fraction of sp³-hybridized carbons (Fsp3) is 0.182. The van der Waals surface area contributed by atoms with Crippen molar-refractivity contribution in [2.24, 2.45) is 0 Å². The first-order valence-corrected chi connectivity index (χ1v) is 9.22. The first-order chi connectivity index (χ1) is 13.3. The van der Waals surface area contributed by atoms with Gasteiger partial charge in [0.25, 0.3) is 5.91 Å². The van der Waals surface area contributed by atoms with Crippen LogP contribution in [0.3, 0.4) is 0 Å². The predicted octanol–water partition coefficient (Wildman–Crippen LogP) is 4.68. The molecule has 1 aliphatic heterocycles. The summed E-state index contributed by atoms with van der Waals surface area (Å²) in [5, 5.41) is 6.14. The Morgan fingerprint density at radius 3 is 2.22 bits per heavy atom. The first kappa shape index (κ1) is 17.1. The second-order valence-electron chi connectivity index (χ2n) is 6.62. The largest absolute Gasteiger partial charge is 0.372 e.